The maximum Gasteiger partial charge on any atom is 0.159 e. The standard InChI is InChI=1S/C20H34O4/c1-13-11-15(22)17-18(2,3)8-6-9-19(17,4)14(13)7-10-20(5,24)16(23)12-21/h11,14,16-17,21,23-24H,6-10,12H2,1-5H3/t14-,16-,17+,19+,20-/m0/s1. The molecule has 2 rings (SSSR count). The summed E-state index contributed by atoms with van der Waals surface area (Å²) < 4.78 is 0. The molecule has 0 amide bonds. The summed E-state index contributed by atoms with van der Waals surface area (Å²) in [6.45, 7) is 9.77. The third-order valence-electron chi connectivity index (χ3n) is 6.81. The van der Waals surface area contributed by atoms with Crippen molar-refractivity contribution in [3.05, 3.63) is 11.6 Å². The number of allylic oxidation sites excluding steroid dienone is 2. The lowest BCUT2D eigenvalue weighted by Gasteiger charge is -2.56. The highest BCUT2D eigenvalue weighted by Gasteiger charge is 2.55. The van der Waals surface area contributed by atoms with E-state index in [9.17, 15) is 15.0 Å². The SMILES string of the molecule is CC1=CC(=O)[C@@H]2C(C)(C)CCC[C@]2(C)[C@H]1CC[C@](C)(O)[C@@H](O)CO. The zero-order valence-electron chi connectivity index (χ0n) is 15.8. The van der Waals surface area contributed by atoms with Crippen molar-refractivity contribution in [1.29, 1.82) is 0 Å². The van der Waals surface area contributed by atoms with Crippen molar-refractivity contribution in [2.24, 2.45) is 22.7 Å². The summed E-state index contributed by atoms with van der Waals surface area (Å²) in [4.78, 5) is 12.8. The Morgan fingerprint density at radius 2 is 1.96 bits per heavy atom. The smallest absolute Gasteiger partial charge is 0.159 e. The fourth-order valence-electron chi connectivity index (χ4n) is 5.48. The highest BCUT2D eigenvalue weighted by atomic mass is 16.4. The van der Waals surface area contributed by atoms with E-state index in [4.69, 9.17) is 5.11 Å². The quantitative estimate of drug-likeness (QED) is 0.720. The molecule has 0 aliphatic heterocycles. The van der Waals surface area contributed by atoms with Gasteiger partial charge in [-0.15, -0.1) is 0 Å². The Hall–Kier alpha value is -0.710. The maximum atomic E-state index is 12.8. The molecule has 0 spiro atoms. The lowest BCUT2D eigenvalue weighted by Crippen LogP contribution is -2.53. The molecule has 0 aromatic carbocycles. The predicted molar refractivity (Wildman–Crippen MR) is 94.4 cm³/mol. The molecule has 4 nitrogen and oxygen atoms in total. The van der Waals surface area contributed by atoms with Gasteiger partial charge in [0.25, 0.3) is 0 Å². The number of rotatable bonds is 5. The van der Waals surface area contributed by atoms with Gasteiger partial charge in [0.05, 0.1) is 12.2 Å². The van der Waals surface area contributed by atoms with E-state index in [2.05, 4.69) is 20.8 Å². The third-order valence-corrected chi connectivity index (χ3v) is 6.81. The molecule has 4 heteroatoms. The number of hydrogen-bond acceptors (Lipinski definition) is 4. The Labute approximate surface area is 146 Å². The van der Waals surface area contributed by atoms with Crippen LogP contribution in [0.25, 0.3) is 0 Å². The average Bonchev–Trinajstić information content (AvgIpc) is 2.43. The van der Waals surface area contributed by atoms with E-state index in [0.29, 0.717) is 12.8 Å². The molecule has 0 aromatic heterocycles. The van der Waals surface area contributed by atoms with Crippen LogP contribution >= 0.6 is 0 Å². The first-order valence-electron chi connectivity index (χ1n) is 9.19. The van der Waals surface area contributed by atoms with Gasteiger partial charge in [0, 0.05) is 5.92 Å². The van der Waals surface area contributed by atoms with Gasteiger partial charge in [-0.25, -0.2) is 0 Å². The monoisotopic (exact) mass is 338 g/mol. The second-order valence-electron chi connectivity index (χ2n) is 9.22. The summed E-state index contributed by atoms with van der Waals surface area (Å²) in [5.41, 5.74) is -0.331. The predicted octanol–water partition coefficient (Wildman–Crippen LogP) is 2.85. The summed E-state index contributed by atoms with van der Waals surface area (Å²) in [7, 11) is 0. The van der Waals surface area contributed by atoms with Gasteiger partial charge >= 0.3 is 0 Å². The minimum absolute atomic E-state index is 0.00728. The zero-order valence-corrected chi connectivity index (χ0v) is 15.8. The van der Waals surface area contributed by atoms with Crippen molar-refractivity contribution in [3.63, 3.8) is 0 Å². The van der Waals surface area contributed by atoms with Gasteiger partial charge in [-0.1, -0.05) is 32.8 Å². The average molecular weight is 338 g/mol. The molecule has 2 aliphatic rings. The van der Waals surface area contributed by atoms with Gasteiger partial charge < -0.3 is 15.3 Å². The van der Waals surface area contributed by atoms with E-state index in [0.717, 1.165) is 24.8 Å². The molecule has 1 fully saturated rings. The second-order valence-corrected chi connectivity index (χ2v) is 9.22. The molecule has 24 heavy (non-hydrogen) atoms. The molecule has 138 valence electrons. The normalized spacial score (nSPS) is 36.5. The van der Waals surface area contributed by atoms with Crippen LogP contribution in [0.2, 0.25) is 0 Å². The summed E-state index contributed by atoms with van der Waals surface area (Å²) in [5, 5.41) is 29.4. The van der Waals surface area contributed by atoms with Gasteiger partial charge in [0.1, 0.15) is 6.10 Å². The van der Waals surface area contributed by atoms with Crippen LogP contribution in [0.5, 0.6) is 0 Å². The fourth-order valence-corrected chi connectivity index (χ4v) is 5.48. The Morgan fingerprint density at radius 1 is 1.33 bits per heavy atom. The number of fused-ring (bicyclic) bond motifs is 1. The third kappa shape index (κ3) is 3.33. The number of carbonyl (C=O) groups is 1. The van der Waals surface area contributed by atoms with Crippen LogP contribution in [0.4, 0.5) is 0 Å². The van der Waals surface area contributed by atoms with Crippen LogP contribution < -0.4 is 0 Å². The Morgan fingerprint density at radius 3 is 2.54 bits per heavy atom. The van der Waals surface area contributed by atoms with Crippen LogP contribution in [0.3, 0.4) is 0 Å². The molecule has 0 unspecified atom stereocenters. The van der Waals surface area contributed by atoms with Crippen molar-refractivity contribution in [2.45, 2.75) is 78.4 Å². The van der Waals surface area contributed by atoms with Gasteiger partial charge in [-0.2, -0.15) is 0 Å². The first kappa shape index (κ1) is 19.6. The molecular weight excluding hydrogens is 304 g/mol. The highest BCUT2D eigenvalue weighted by Crippen LogP contribution is 2.59. The van der Waals surface area contributed by atoms with E-state index in [1.165, 1.54) is 0 Å². The Balaban J connectivity index is 2.28. The molecular formula is C20H34O4. The minimum atomic E-state index is -1.31. The summed E-state index contributed by atoms with van der Waals surface area (Å²) in [6.07, 6.45) is 4.99. The molecule has 0 aromatic rings. The van der Waals surface area contributed by atoms with Crippen LogP contribution in [0.15, 0.2) is 11.6 Å². The fraction of sp³-hybridized carbons (Fsp3) is 0.850. The van der Waals surface area contributed by atoms with Gasteiger partial charge in [0.2, 0.25) is 0 Å². The van der Waals surface area contributed by atoms with Gasteiger partial charge in [-0.3, -0.25) is 4.79 Å². The van der Waals surface area contributed by atoms with Crippen LogP contribution in [-0.2, 0) is 4.79 Å². The zero-order chi connectivity index (χ0) is 18.3. The van der Waals surface area contributed by atoms with E-state index in [1.807, 2.05) is 6.92 Å². The molecule has 0 bridgehead atoms. The van der Waals surface area contributed by atoms with Crippen LogP contribution in [0.1, 0.15) is 66.7 Å². The van der Waals surface area contributed by atoms with Gasteiger partial charge in [0.15, 0.2) is 5.78 Å². The molecule has 0 heterocycles. The molecule has 5 atom stereocenters. The summed E-state index contributed by atoms with van der Waals surface area (Å²) in [6, 6.07) is 0. The molecule has 0 saturated heterocycles. The highest BCUT2D eigenvalue weighted by molar-refractivity contribution is 5.94. The molecule has 1 saturated carbocycles. The van der Waals surface area contributed by atoms with Crippen LogP contribution in [-0.4, -0.2) is 39.4 Å². The number of aliphatic hydroxyl groups excluding tert-OH is 2. The van der Waals surface area contributed by atoms with E-state index in [-0.39, 0.29) is 28.4 Å². The number of hydrogen-bond donors (Lipinski definition) is 3. The molecule has 0 radical (unpaired) electrons. The van der Waals surface area contributed by atoms with E-state index in [1.54, 1.807) is 13.0 Å². The largest absolute Gasteiger partial charge is 0.394 e. The van der Waals surface area contributed by atoms with Crippen molar-refractivity contribution in [2.75, 3.05) is 6.61 Å². The molecule has 2 aliphatic carbocycles. The van der Waals surface area contributed by atoms with Crippen molar-refractivity contribution >= 4 is 5.78 Å². The molecule has 3 N–H and O–H groups in total. The Kier molecular flexibility index (Phi) is 5.35. The topological polar surface area (TPSA) is 77.8 Å². The maximum absolute atomic E-state index is 12.8. The lowest BCUT2D eigenvalue weighted by molar-refractivity contribution is -0.137. The lowest BCUT2D eigenvalue weighted by atomic mass is 9.47. The Bertz CT molecular complexity index is 520. The van der Waals surface area contributed by atoms with Crippen molar-refractivity contribution in [1.82, 2.24) is 0 Å². The number of ketones is 1. The summed E-state index contributed by atoms with van der Waals surface area (Å²) in [5.74, 6) is 0.482. The minimum Gasteiger partial charge on any atom is -0.394 e. The van der Waals surface area contributed by atoms with Gasteiger partial charge in [-0.05, 0) is 62.4 Å². The first-order valence-corrected chi connectivity index (χ1v) is 9.19. The number of carbonyl (C=O) groups excluding carboxylic acids is 1. The van der Waals surface area contributed by atoms with Crippen molar-refractivity contribution in [3.8, 4) is 0 Å². The van der Waals surface area contributed by atoms with E-state index >= 15 is 0 Å². The second kappa shape index (κ2) is 6.54. The summed E-state index contributed by atoms with van der Waals surface area (Å²) >= 11 is 0. The van der Waals surface area contributed by atoms with E-state index < -0.39 is 18.3 Å². The van der Waals surface area contributed by atoms with Crippen molar-refractivity contribution < 1.29 is 20.1 Å². The van der Waals surface area contributed by atoms with Crippen LogP contribution in [0, 0.1) is 22.7 Å². The number of aliphatic hydroxyl groups is 3. The first-order chi connectivity index (χ1) is 11.0.